The van der Waals surface area contributed by atoms with Crippen molar-refractivity contribution >= 4 is 11.6 Å². The van der Waals surface area contributed by atoms with Crippen LogP contribution in [0.4, 0.5) is 5.95 Å². The fourth-order valence-electron chi connectivity index (χ4n) is 5.72. The molecule has 6 heterocycles. The molecule has 1 spiro atoms. The van der Waals surface area contributed by atoms with E-state index in [0.29, 0.717) is 6.04 Å². The van der Waals surface area contributed by atoms with Gasteiger partial charge in [-0.3, -0.25) is 4.90 Å². The van der Waals surface area contributed by atoms with E-state index in [2.05, 4.69) is 50.6 Å². The maximum absolute atomic E-state index is 6.07. The predicted molar refractivity (Wildman–Crippen MR) is 129 cm³/mol. The largest absolute Gasteiger partial charge is 0.370 e. The summed E-state index contributed by atoms with van der Waals surface area (Å²) in [5, 5.41) is 3.49. The number of hydrogen-bond acceptors (Lipinski definition) is 7. The van der Waals surface area contributed by atoms with Crippen LogP contribution in [0.2, 0.25) is 0 Å². The van der Waals surface area contributed by atoms with Gasteiger partial charge in [0.1, 0.15) is 11.2 Å². The van der Waals surface area contributed by atoms with Crippen molar-refractivity contribution in [2.45, 2.75) is 44.8 Å². The number of fused-ring (bicyclic) bond motifs is 1. The molecule has 0 bridgehead atoms. The third-order valence-electron chi connectivity index (χ3n) is 7.55. The minimum absolute atomic E-state index is 0.0719. The Bertz CT molecular complexity index is 1140. The average molecular weight is 448 g/mol. The summed E-state index contributed by atoms with van der Waals surface area (Å²) in [7, 11) is 0. The molecule has 0 atom stereocenters. The van der Waals surface area contributed by atoms with Gasteiger partial charge in [-0.15, -0.1) is 0 Å². The van der Waals surface area contributed by atoms with Gasteiger partial charge in [-0.05, 0) is 37.8 Å². The fourth-order valence-corrected chi connectivity index (χ4v) is 5.72. The molecule has 3 aliphatic rings. The summed E-state index contributed by atoms with van der Waals surface area (Å²) in [6, 6.07) is 2.84. The monoisotopic (exact) mass is 447 g/mol. The lowest BCUT2D eigenvalue weighted by Gasteiger charge is -2.55. The molecule has 3 aromatic heterocycles. The number of piperidine rings is 1. The van der Waals surface area contributed by atoms with Crippen molar-refractivity contribution in [3.8, 4) is 11.1 Å². The summed E-state index contributed by atoms with van der Waals surface area (Å²) >= 11 is 0. The smallest absolute Gasteiger partial charge is 0.225 e. The lowest BCUT2D eigenvalue weighted by Crippen LogP contribution is -2.72. The van der Waals surface area contributed by atoms with Gasteiger partial charge >= 0.3 is 0 Å². The van der Waals surface area contributed by atoms with Crippen LogP contribution in [0.5, 0.6) is 0 Å². The van der Waals surface area contributed by atoms with Gasteiger partial charge in [0, 0.05) is 81.2 Å². The average Bonchev–Trinajstić information content (AvgIpc) is 3.32. The standard InChI is InChI=1S/C25H33N7O/c1-3-22-21(19-12-18(2)23-27-6-10-31(23)14-19)13-28-24(29-22)30-8-4-20(5-9-30)32-16-25(17-32)15-26-7-11-33-25/h6,10,12-14,20,26H,3-5,7-9,11,15-17H2,1-2H3. The van der Waals surface area contributed by atoms with Crippen molar-refractivity contribution in [2.24, 2.45) is 0 Å². The molecule has 0 amide bonds. The van der Waals surface area contributed by atoms with Crippen LogP contribution in [0.15, 0.2) is 30.9 Å². The SMILES string of the molecule is CCc1nc(N2CCC(N3CC4(CNCCO4)C3)CC2)ncc1-c1cc(C)c2nccn2c1. The number of rotatable bonds is 4. The molecule has 0 saturated carbocycles. The van der Waals surface area contributed by atoms with Crippen LogP contribution < -0.4 is 10.2 Å². The van der Waals surface area contributed by atoms with E-state index < -0.39 is 0 Å². The van der Waals surface area contributed by atoms with E-state index in [1.807, 2.05) is 18.6 Å². The lowest BCUT2D eigenvalue weighted by atomic mass is 9.88. The maximum atomic E-state index is 6.07. The number of hydrogen-bond donors (Lipinski definition) is 1. The Labute approximate surface area is 195 Å². The fraction of sp³-hybridized carbons (Fsp3) is 0.560. The van der Waals surface area contributed by atoms with Crippen LogP contribution in [0.3, 0.4) is 0 Å². The second-order valence-electron chi connectivity index (χ2n) is 9.79. The number of ether oxygens (including phenoxy) is 1. The first-order chi connectivity index (χ1) is 16.1. The second-order valence-corrected chi connectivity index (χ2v) is 9.79. The second kappa shape index (κ2) is 8.34. The summed E-state index contributed by atoms with van der Waals surface area (Å²) in [6.45, 7) is 11.3. The number of imidazole rings is 1. The molecule has 33 heavy (non-hydrogen) atoms. The molecular weight excluding hydrogens is 414 g/mol. The summed E-state index contributed by atoms with van der Waals surface area (Å²) in [5.41, 5.74) is 5.59. The molecule has 3 aromatic rings. The van der Waals surface area contributed by atoms with Crippen molar-refractivity contribution in [1.82, 2.24) is 29.6 Å². The molecule has 6 rings (SSSR count). The van der Waals surface area contributed by atoms with Gasteiger partial charge in [-0.2, -0.15) is 0 Å². The molecule has 3 aliphatic heterocycles. The number of nitrogens with one attached hydrogen (secondary N) is 1. The highest BCUT2D eigenvalue weighted by molar-refractivity contribution is 5.68. The molecule has 0 aromatic carbocycles. The molecule has 174 valence electrons. The zero-order valence-electron chi connectivity index (χ0n) is 19.6. The van der Waals surface area contributed by atoms with Crippen LogP contribution >= 0.6 is 0 Å². The van der Waals surface area contributed by atoms with Crippen LogP contribution in [0.1, 0.15) is 31.0 Å². The highest BCUT2D eigenvalue weighted by Crippen LogP contribution is 2.32. The van der Waals surface area contributed by atoms with Crippen LogP contribution in [-0.2, 0) is 11.2 Å². The normalized spacial score (nSPS) is 21.6. The first kappa shape index (κ1) is 21.0. The lowest BCUT2D eigenvalue weighted by molar-refractivity contribution is -0.169. The Kier molecular flexibility index (Phi) is 5.31. The van der Waals surface area contributed by atoms with E-state index in [0.717, 1.165) is 99.1 Å². The number of pyridine rings is 1. The van der Waals surface area contributed by atoms with Gasteiger partial charge in [-0.1, -0.05) is 6.92 Å². The van der Waals surface area contributed by atoms with E-state index >= 15 is 0 Å². The van der Waals surface area contributed by atoms with Crippen molar-refractivity contribution in [2.75, 3.05) is 50.8 Å². The van der Waals surface area contributed by atoms with E-state index in [1.54, 1.807) is 0 Å². The van der Waals surface area contributed by atoms with Gasteiger partial charge in [0.25, 0.3) is 0 Å². The summed E-state index contributed by atoms with van der Waals surface area (Å²) < 4.78 is 8.15. The number of nitrogens with zero attached hydrogens (tertiary/aromatic N) is 6. The summed E-state index contributed by atoms with van der Waals surface area (Å²) in [6.07, 6.45) is 11.2. The summed E-state index contributed by atoms with van der Waals surface area (Å²) in [5.74, 6) is 0.870. The first-order valence-corrected chi connectivity index (χ1v) is 12.3. The number of anilines is 1. The number of morpholine rings is 1. The van der Waals surface area contributed by atoms with Crippen LogP contribution in [-0.4, -0.2) is 81.8 Å². The van der Waals surface area contributed by atoms with Gasteiger partial charge in [0.2, 0.25) is 5.95 Å². The Morgan fingerprint density at radius 3 is 2.82 bits per heavy atom. The Hall–Kier alpha value is -2.55. The third kappa shape index (κ3) is 3.80. The van der Waals surface area contributed by atoms with Crippen LogP contribution in [0, 0.1) is 6.92 Å². The van der Waals surface area contributed by atoms with E-state index in [4.69, 9.17) is 14.7 Å². The number of likely N-dealkylation sites (tertiary alicyclic amines) is 1. The molecule has 0 radical (unpaired) electrons. The predicted octanol–water partition coefficient (Wildman–Crippen LogP) is 2.31. The molecule has 0 unspecified atom stereocenters. The summed E-state index contributed by atoms with van der Waals surface area (Å²) in [4.78, 5) is 19.2. The minimum Gasteiger partial charge on any atom is -0.370 e. The van der Waals surface area contributed by atoms with Crippen molar-refractivity contribution in [3.63, 3.8) is 0 Å². The highest BCUT2D eigenvalue weighted by Gasteiger charge is 2.47. The van der Waals surface area contributed by atoms with Gasteiger partial charge in [0.15, 0.2) is 0 Å². The van der Waals surface area contributed by atoms with Gasteiger partial charge in [0.05, 0.1) is 12.3 Å². The molecule has 1 N–H and O–H groups in total. The van der Waals surface area contributed by atoms with Gasteiger partial charge in [-0.25, -0.2) is 15.0 Å². The first-order valence-electron chi connectivity index (χ1n) is 12.3. The molecule has 8 heteroatoms. The molecular formula is C25H33N7O. The van der Waals surface area contributed by atoms with E-state index in [-0.39, 0.29) is 5.60 Å². The van der Waals surface area contributed by atoms with Crippen molar-refractivity contribution in [3.05, 3.63) is 42.1 Å². The van der Waals surface area contributed by atoms with Crippen LogP contribution in [0.25, 0.3) is 16.8 Å². The zero-order valence-corrected chi connectivity index (χ0v) is 19.6. The van der Waals surface area contributed by atoms with Gasteiger partial charge < -0.3 is 19.4 Å². The maximum Gasteiger partial charge on any atom is 0.225 e. The quantitative estimate of drug-likeness (QED) is 0.658. The third-order valence-corrected chi connectivity index (χ3v) is 7.55. The topological polar surface area (TPSA) is 70.8 Å². The van der Waals surface area contributed by atoms with E-state index in [9.17, 15) is 0 Å². The molecule has 3 saturated heterocycles. The molecule has 3 fully saturated rings. The van der Waals surface area contributed by atoms with E-state index in [1.165, 1.54) is 0 Å². The Balaban J connectivity index is 1.14. The molecule has 0 aliphatic carbocycles. The number of aromatic nitrogens is 4. The number of aryl methyl sites for hydroxylation is 2. The Morgan fingerprint density at radius 2 is 2.06 bits per heavy atom. The minimum atomic E-state index is 0.0719. The molecule has 8 nitrogen and oxygen atoms in total. The Morgan fingerprint density at radius 1 is 1.21 bits per heavy atom. The zero-order chi connectivity index (χ0) is 22.4. The van der Waals surface area contributed by atoms with Crippen molar-refractivity contribution in [1.29, 1.82) is 0 Å². The highest BCUT2D eigenvalue weighted by atomic mass is 16.5. The van der Waals surface area contributed by atoms with Crippen molar-refractivity contribution < 1.29 is 4.74 Å².